The van der Waals surface area contributed by atoms with Crippen LogP contribution in [0.2, 0.25) is 0 Å². The number of rotatable bonds is 8. The Morgan fingerprint density at radius 2 is 2.12 bits per heavy atom. The van der Waals surface area contributed by atoms with Crippen molar-refractivity contribution in [3.63, 3.8) is 0 Å². The van der Waals surface area contributed by atoms with Crippen molar-refractivity contribution < 1.29 is 14.3 Å². The van der Waals surface area contributed by atoms with E-state index in [2.05, 4.69) is 10.6 Å². The summed E-state index contributed by atoms with van der Waals surface area (Å²) in [6.07, 6.45) is 3.44. The molecule has 6 nitrogen and oxygen atoms in total. The minimum absolute atomic E-state index is 0.0135. The van der Waals surface area contributed by atoms with Crippen LogP contribution in [0.25, 0.3) is 0 Å². The molecule has 2 N–H and O–H groups in total. The normalized spacial score (nSPS) is 17.8. The number of hydrogen-bond acceptors (Lipinski definition) is 4. The van der Waals surface area contributed by atoms with Crippen LogP contribution in [0.3, 0.4) is 0 Å². The summed E-state index contributed by atoms with van der Waals surface area (Å²) in [5, 5.41) is 6.45. The summed E-state index contributed by atoms with van der Waals surface area (Å²) in [5.74, 6) is 0.591. The van der Waals surface area contributed by atoms with Gasteiger partial charge in [0.15, 0.2) is 6.61 Å². The van der Waals surface area contributed by atoms with Crippen LogP contribution in [0.4, 0.5) is 0 Å². The van der Waals surface area contributed by atoms with Crippen molar-refractivity contribution in [3.8, 4) is 5.75 Å². The molecule has 0 spiro atoms. The van der Waals surface area contributed by atoms with Crippen molar-refractivity contribution in [3.05, 3.63) is 29.8 Å². The quantitative estimate of drug-likeness (QED) is 0.753. The van der Waals surface area contributed by atoms with E-state index in [-0.39, 0.29) is 30.5 Å². The standard InChI is InChI=1S/C19H29N3O3/c1-4-16(21-18(23)12-14-8-7-11-20-14)15-9-5-6-10-17(15)25-13-19(24)22(2)3/h5-6,9-10,14,16,20H,4,7-8,11-13H2,1-3H3,(H,21,23). The highest BCUT2D eigenvalue weighted by Crippen LogP contribution is 2.27. The topological polar surface area (TPSA) is 70.7 Å². The fourth-order valence-electron chi connectivity index (χ4n) is 2.98. The molecule has 1 saturated heterocycles. The lowest BCUT2D eigenvalue weighted by Gasteiger charge is -2.22. The zero-order valence-corrected chi connectivity index (χ0v) is 15.4. The van der Waals surface area contributed by atoms with Gasteiger partial charge >= 0.3 is 0 Å². The van der Waals surface area contributed by atoms with Gasteiger partial charge in [0.05, 0.1) is 6.04 Å². The first-order chi connectivity index (χ1) is 12.0. The third-order valence-electron chi connectivity index (χ3n) is 4.48. The molecule has 0 saturated carbocycles. The number of amides is 2. The van der Waals surface area contributed by atoms with Crippen molar-refractivity contribution in [2.24, 2.45) is 0 Å². The van der Waals surface area contributed by atoms with E-state index in [1.807, 2.05) is 31.2 Å². The van der Waals surface area contributed by atoms with Gasteiger partial charge in [0.25, 0.3) is 5.91 Å². The molecular weight excluding hydrogens is 318 g/mol. The van der Waals surface area contributed by atoms with Crippen molar-refractivity contribution >= 4 is 11.8 Å². The van der Waals surface area contributed by atoms with E-state index in [4.69, 9.17) is 4.74 Å². The summed E-state index contributed by atoms with van der Waals surface area (Å²) in [5.41, 5.74) is 0.907. The Bertz CT molecular complexity index is 583. The number of nitrogens with one attached hydrogen (secondary N) is 2. The predicted octanol–water partition coefficient (Wildman–Crippen LogP) is 1.86. The molecule has 0 radical (unpaired) electrons. The number of benzene rings is 1. The van der Waals surface area contributed by atoms with Crippen LogP contribution in [-0.4, -0.2) is 50.0 Å². The van der Waals surface area contributed by atoms with Gasteiger partial charge in [-0.3, -0.25) is 9.59 Å². The monoisotopic (exact) mass is 347 g/mol. The lowest BCUT2D eigenvalue weighted by Crippen LogP contribution is -2.34. The first-order valence-electron chi connectivity index (χ1n) is 8.95. The Morgan fingerprint density at radius 3 is 2.76 bits per heavy atom. The number of hydrogen-bond donors (Lipinski definition) is 2. The van der Waals surface area contributed by atoms with Gasteiger partial charge in [0.1, 0.15) is 5.75 Å². The Morgan fingerprint density at radius 1 is 1.36 bits per heavy atom. The zero-order valence-electron chi connectivity index (χ0n) is 15.4. The highest BCUT2D eigenvalue weighted by molar-refractivity contribution is 5.78. The molecule has 6 heteroatoms. The van der Waals surface area contributed by atoms with E-state index in [9.17, 15) is 9.59 Å². The Labute approximate surface area is 149 Å². The number of carbonyl (C=O) groups is 2. The van der Waals surface area contributed by atoms with Crippen LogP contribution >= 0.6 is 0 Å². The summed E-state index contributed by atoms with van der Waals surface area (Å²) < 4.78 is 5.70. The lowest BCUT2D eigenvalue weighted by molar-refractivity contribution is -0.130. The predicted molar refractivity (Wildman–Crippen MR) is 97.4 cm³/mol. The minimum Gasteiger partial charge on any atom is -0.483 e. The Balaban J connectivity index is 2.01. The summed E-state index contributed by atoms with van der Waals surface area (Å²) in [6.45, 7) is 3.01. The number of ether oxygens (including phenoxy) is 1. The van der Waals surface area contributed by atoms with E-state index in [1.54, 1.807) is 14.1 Å². The molecule has 2 atom stereocenters. The molecule has 2 amide bonds. The smallest absolute Gasteiger partial charge is 0.259 e. The zero-order chi connectivity index (χ0) is 18.2. The molecule has 1 aromatic carbocycles. The summed E-state index contributed by atoms with van der Waals surface area (Å²) in [4.78, 5) is 25.6. The maximum Gasteiger partial charge on any atom is 0.259 e. The second-order valence-electron chi connectivity index (χ2n) is 6.64. The number of likely N-dealkylation sites (N-methyl/N-ethyl adjacent to an activating group) is 1. The second kappa shape index (κ2) is 9.42. The summed E-state index contributed by atoms with van der Waals surface area (Å²) in [7, 11) is 3.40. The van der Waals surface area contributed by atoms with E-state index in [1.165, 1.54) is 4.90 Å². The summed E-state index contributed by atoms with van der Waals surface area (Å²) >= 11 is 0. The van der Waals surface area contributed by atoms with Gasteiger partial charge in [-0.05, 0) is 31.9 Å². The molecule has 0 bridgehead atoms. The lowest BCUT2D eigenvalue weighted by atomic mass is 10.0. The van der Waals surface area contributed by atoms with Crippen molar-refractivity contribution in [1.29, 1.82) is 0 Å². The van der Waals surface area contributed by atoms with Crippen LogP contribution in [0.1, 0.15) is 44.2 Å². The van der Waals surface area contributed by atoms with Crippen molar-refractivity contribution in [2.45, 2.75) is 44.7 Å². The van der Waals surface area contributed by atoms with Crippen LogP contribution in [0, 0.1) is 0 Å². The van der Waals surface area contributed by atoms with Gasteiger partial charge in [-0.25, -0.2) is 0 Å². The molecule has 0 aromatic heterocycles. The van der Waals surface area contributed by atoms with Gasteiger partial charge in [-0.15, -0.1) is 0 Å². The number of para-hydroxylation sites is 1. The third-order valence-corrected chi connectivity index (χ3v) is 4.48. The molecule has 1 heterocycles. The number of nitrogens with zero attached hydrogens (tertiary/aromatic N) is 1. The molecule has 1 aliphatic rings. The average molecular weight is 347 g/mol. The molecule has 2 rings (SSSR count). The van der Waals surface area contributed by atoms with Gasteiger partial charge in [0.2, 0.25) is 5.91 Å². The first-order valence-corrected chi connectivity index (χ1v) is 8.95. The van der Waals surface area contributed by atoms with Crippen molar-refractivity contribution in [2.75, 3.05) is 27.2 Å². The average Bonchev–Trinajstić information content (AvgIpc) is 3.10. The van der Waals surface area contributed by atoms with Gasteiger partial charge in [-0.2, -0.15) is 0 Å². The highest BCUT2D eigenvalue weighted by atomic mass is 16.5. The minimum atomic E-state index is -0.125. The molecule has 25 heavy (non-hydrogen) atoms. The van der Waals surface area contributed by atoms with Crippen LogP contribution in [-0.2, 0) is 9.59 Å². The van der Waals surface area contributed by atoms with Gasteiger partial charge < -0.3 is 20.3 Å². The molecule has 0 aliphatic carbocycles. The molecule has 1 fully saturated rings. The molecule has 2 unspecified atom stereocenters. The molecular formula is C19H29N3O3. The summed E-state index contributed by atoms with van der Waals surface area (Å²) in [6, 6.07) is 7.73. The third kappa shape index (κ3) is 5.74. The highest BCUT2D eigenvalue weighted by Gasteiger charge is 2.21. The SMILES string of the molecule is CCC(NC(=O)CC1CCCN1)c1ccccc1OCC(=O)N(C)C. The fourth-order valence-corrected chi connectivity index (χ4v) is 2.98. The van der Waals surface area contributed by atoms with Gasteiger partial charge in [0, 0.05) is 32.1 Å². The Kier molecular flexibility index (Phi) is 7.25. The molecule has 1 aromatic rings. The Hall–Kier alpha value is -2.08. The van der Waals surface area contributed by atoms with E-state index >= 15 is 0 Å². The van der Waals surface area contributed by atoms with Crippen LogP contribution < -0.4 is 15.4 Å². The molecule has 1 aliphatic heterocycles. The first kappa shape index (κ1) is 19.2. The van der Waals surface area contributed by atoms with Crippen LogP contribution in [0.15, 0.2) is 24.3 Å². The second-order valence-corrected chi connectivity index (χ2v) is 6.64. The maximum atomic E-state index is 12.4. The molecule has 138 valence electrons. The van der Waals surface area contributed by atoms with E-state index < -0.39 is 0 Å². The van der Waals surface area contributed by atoms with Crippen LogP contribution in [0.5, 0.6) is 5.75 Å². The largest absolute Gasteiger partial charge is 0.483 e. The van der Waals surface area contributed by atoms with Crippen molar-refractivity contribution in [1.82, 2.24) is 15.5 Å². The fraction of sp³-hybridized carbons (Fsp3) is 0.579. The number of carbonyl (C=O) groups excluding carboxylic acids is 2. The van der Waals surface area contributed by atoms with E-state index in [0.717, 1.165) is 31.4 Å². The van der Waals surface area contributed by atoms with E-state index in [0.29, 0.717) is 12.2 Å². The maximum absolute atomic E-state index is 12.4. The van der Waals surface area contributed by atoms with Gasteiger partial charge in [-0.1, -0.05) is 25.1 Å².